The molecule has 1 aromatic carbocycles. The van der Waals surface area contributed by atoms with Gasteiger partial charge >= 0.3 is 0 Å². The summed E-state index contributed by atoms with van der Waals surface area (Å²) < 4.78 is 39.9. The number of benzene rings is 1. The topological polar surface area (TPSA) is 75.2 Å². The lowest BCUT2D eigenvalue weighted by Gasteiger charge is -2.35. The molecule has 0 radical (unpaired) electrons. The van der Waals surface area contributed by atoms with E-state index in [0.717, 1.165) is 43.8 Å². The Hall–Kier alpha value is -2.22. The molecule has 1 N–H and O–H groups in total. The summed E-state index contributed by atoms with van der Waals surface area (Å²) in [5, 5.41) is 8.18. The minimum absolute atomic E-state index is 0.0261. The molecule has 134 valence electrons. The number of halogens is 1. The van der Waals surface area contributed by atoms with Gasteiger partial charge in [0.05, 0.1) is 4.90 Å². The van der Waals surface area contributed by atoms with Gasteiger partial charge in [0.15, 0.2) is 11.6 Å². The minimum atomic E-state index is -3.82. The lowest BCUT2D eigenvalue weighted by molar-refractivity contribution is 0.445. The number of sulfonamides is 1. The third kappa shape index (κ3) is 4.07. The molecule has 0 spiro atoms. The van der Waals surface area contributed by atoms with Crippen molar-refractivity contribution in [3.63, 3.8) is 0 Å². The van der Waals surface area contributed by atoms with Crippen molar-refractivity contribution in [1.82, 2.24) is 10.2 Å². The zero-order valence-corrected chi connectivity index (χ0v) is 14.8. The molecule has 1 aliphatic heterocycles. The maximum atomic E-state index is 12.9. The van der Waals surface area contributed by atoms with Crippen LogP contribution in [0.2, 0.25) is 0 Å². The Kier molecular flexibility index (Phi) is 5.17. The van der Waals surface area contributed by atoms with Gasteiger partial charge in [0.1, 0.15) is 5.82 Å². The third-order valence-corrected chi connectivity index (χ3v) is 5.78. The molecule has 1 aliphatic rings. The quantitative estimate of drug-likeness (QED) is 0.882. The molecule has 2 heterocycles. The third-order valence-electron chi connectivity index (χ3n) is 4.41. The van der Waals surface area contributed by atoms with E-state index in [1.807, 2.05) is 0 Å². The lowest BCUT2D eigenvalue weighted by Crippen LogP contribution is -2.39. The highest BCUT2D eigenvalue weighted by molar-refractivity contribution is 7.92. The van der Waals surface area contributed by atoms with Crippen LogP contribution < -0.4 is 9.62 Å². The molecule has 25 heavy (non-hydrogen) atoms. The van der Waals surface area contributed by atoms with Gasteiger partial charge in [-0.3, -0.25) is 4.72 Å². The van der Waals surface area contributed by atoms with Gasteiger partial charge in [-0.15, -0.1) is 10.2 Å². The molecule has 0 aliphatic carbocycles. The highest BCUT2D eigenvalue weighted by atomic mass is 32.2. The second-order valence-corrected chi connectivity index (χ2v) is 7.77. The van der Waals surface area contributed by atoms with Crippen LogP contribution in [0, 0.1) is 5.82 Å². The van der Waals surface area contributed by atoms with Gasteiger partial charge < -0.3 is 4.90 Å². The summed E-state index contributed by atoms with van der Waals surface area (Å²) in [7, 11) is -3.82. The average molecular weight is 364 g/mol. The molecular weight excluding hydrogens is 343 g/mol. The summed E-state index contributed by atoms with van der Waals surface area (Å²) in [5.41, 5.74) is 0. The van der Waals surface area contributed by atoms with Crippen molar-refractivity contribution in [2.24, 2.45) is 0 Å². The van der Waals surface area contributed by atoms with Crippen molar-refractivity contribution < 1.29 is 12.8 Å². The molecule has 0 saturated carbocycles. The molecule has 1 fully saturated rings. The van der Waals surface area contributed by atoms with Gasteiger partial charge in [0.2, 0.25) is 0 Å². The first-order valence-electron chi connectivity index (χ1n) is 8.38. The van der Waals surface area contributed by atoms with Crippen molar-refractivity contribution in [1.29, 1.82) is 0 Å². The van der Waals surface area contributed by atoms with E-state index < -0.39 is 15.8 Å². The number of rotatable bonds is 5. The van der Waals surface area contributed by atoms with Crippen LogP contribution in [0.5, 0.6) is 0 Å². The van der Waals surface area contributed by atoms with Crippen LogP contribution in [0.4, 0.5) is 16.0 Å². The average Bonchev–Trinajstić information content (AvgIpc) is 2.62. The van der Waals surface area contributed by atoms with Crippen LogP contribution in [0.25, 0.3) is 0 Å². The van der Waals surface area contributed by atoms with E-state index in [9.17, 15) is 12.8 Å². The predicted octanol–water partition coefficient (Wildman–Crippen LogP) is 3.19. The molecule has 1 atom stereocenters. The number of nitrogens with zero attached hydrogens (tertiary/aromatic N) is 3. The van der Waals surface area contributed by atoms with E-state index in [-0.39, 0.29) is 10.7 Å². The minimum Gasteiger partial charge on any atom is -0.352 e. The monoisotopic (exact) mass is 364 g/mol. The Bertz CT molecular complexity index is 810. The highest BCUT2D eigenvalue weighted by Crippen LogP contribution is 2.25. The van der Waals surface area contributed by atoms with E-state index in [1.165, 1.54) is 18.6 Å². The van der Waals surface area contributed by atoms with Crippen LogP contribution in [0.3, 0.4) is 0 Å². The van der Waals surface area contributed by atoms with Crippen LogP contribution >= 0.6 is 0 Å². The fourth-order valence-corrected chi connectivity index (χ4v) is 4.07. The zero-order valence-electron chi connectivity index (χ0n) is 14.0. The molecule has 0 amide bonds. The Morgan fingerprint density at radius 1 is 1.16 bits per heavy atom. The van der Waals surface area contributed by atoms with Crippen LogP contribution in [-0.2, 0) is 10.0 Å². The Morgan fingerprint density at radius 2 is 1.92 bits per heavy atom. The van der Waals surface area contributed by atoms with Gasteiger partial charge in [-0.2, -0.15) is 0 Å². The fourth-order valence-electron chi connectivity index (χ4n) is 3.07. The Morgan fingerprint density at radius 3 is 2.56 bits per heavy atom. The van der Waals surface area contributed by atoms with Crippen LogP contribution in [0.1, 0.15) is 32.6 Å². The number of hydrogen-bond donors (Lipinski definition) is 1. The Labute approximate surface area is 147 Å². The maximum absolute atomic E-state index is 12.9. The molecule has 1 saturated heterocycles. The van der Waals surface area contributed by atoms with Gasteiger partial charge in [-0.25, -0.2) is 12.8 Å². The summed E-state index contributed by atoms with van der Waals surface area (Å²) >= 11 is 0. The first kappa shape index (κ1) is 17.6. The second kappa shape index (κ2) is 7.35. The van der Waals surface area contributed by atoms with Crippen LogP contribution in [-0.4, -0.2) is 31.2 Å². The molecule has 1 unspecified atom stereocenters. The largest absolute Gasteiger partial charge is 0.352 e. The standard InChI is InChI=1S/C17H21FN4O2S/c1-2-14-5-3-4-12-22(14)17-11-10-16(19-20-17)21-25(23,24)15-8-6-13(18)7-9-15/h6-11,14H,2-5,12H2,1H3,(H,19,21). The van der Waals surface area contributed by atoms with Crippen molar-refractivity contribution in [2.75, 3.05) is 16.2 Å². The summed E-state index contributed by atoms with van der Waals surface area (Å²) in [5.74, 6) is 0.407. The van der Waals surface area contributed by atoms with Gasteiger partial charge in [-0.1, -0.05) is 6.92 Å². The van der Waals surface area contributed by atoms with Gasteiger partial charge in [-0.05, 0) is 62.1 Å². The van der Waals surface area contributed by atoms with E-state index in [4.69, 9.17) is 0 Å². The van der Waals surface area contributed by atoms with Gasteiger partial charge in [0, 0.05) is 12.6 Å². The number of anilines is 2. The highest BCUT2D eigenvalue weighted by Gasteiger charge is 2.22. The molecule has 1 aromatic heterocycles. The van der Waals surface area contributed by atoms with Gasteiger partial charge in [0.25, 0.3) is 10.0 Å². The number of aromatic nitrogens is 2. The smallest absolute Gasteiger partial charge is 0.263 e. The zero-order chi connectivity index (χ0) is 17.9. The van der Waals surface area contributed by atoms with Crippen molar-refractivity contribution in [3.8, 4) is 0 Å². The first-order chi connectivity index (χ1) is 12.0. The Balaban J connectivity index is 1.75. The molecule has 0 bridgehead atoms. The fraction of sp³-hybridized carbons (Fsp3) is 0.412. The van der Waals surface area contributed by atoms with E-state index in [2.05, 4.69) is 26.7 Å². The van der Waals surface area contributed by atoms with Crippen molar-refractivity contribution in [2.45, 2.75) is 43.5 Å². The SMILES string of the molecule is CCC1CCCCN1c1ccc(NS(=O)(=O)c2ccc(F)cc2)nn1. The van der Waals surface area contributed by atoms with Crippen LogP contribution in [0.15, 0.2) is 41.3 Å². The summed E-state index contributed by atoms with van der Waals surface area (Å²) in [6.07, 6.45) is 4.52. The lowest BCUT2D eigenvalue weighted by atomic mass is 10.0. The predicted molar refractivity (Wildman–Crippen MR) is 94.5 cm³/mol. The first-order valence-corrected chi connectivity index (χ1v) is 9.86. The number of hydrogen-bond acceptors (Lipinski definition) is 5. The van der Waals surface area contributed by atoms with E-state index >= 15 is 0 Å². The molecule has 3 rings (SSSR count). The van der Waals surface area contributed by atoms with Crippen molar-refractivity contribution in [3.05, 3.63) is 42.2 Å². The number of piperidine rings is 1. The van der Waals surface area contributed by atoms with E-state index in [1.54, 1.807) is 12.1 Å². The summed E-state index contributed by atoms with van der Waals surface area (Å²) in [6.45, 7) is 3.09. The summed E-state index contributed by atoms with van der Waals surface area (Å²) in [6, 6.07) is 8.45. The molecule has 2 aromatic rings. The second-order valence-electron chi connectivity index (χ2n) is 6.09. The van der Waals surface area contributed by atoms with Crippen molar-refractivity contribution >= 4 is 21.7 Å². The van der Waals surface area contributed by atoms with E-state index in [0.29, 0.717) is 6.04 Å². The number of nitrogens with one attached hydrogen (secondary N) is 1. The normalized spacial score (nSPS) is 18.2. The maximum Gasteiger partial charge on any atom is 0.263 e. The molecule has 6 nitrogen and oxygen atoms in total. The summed E-state index contributed by atoms with van der Waals surface area (Å²) in [4.78, 5) is 2.20. The molecule has 8 heteroatoms. The molecular formula is C17H21FN4O2S.